The maximum Gasteiger partial charge on any atom is 0.224 e. The van der Waals surface area contributed by atoms with Gasteiger partial charge < -0.3 is 14.9 Å². The number of nitrogens with one attached hydrogen (secondary N) is 1. The van der Waals surface area contributed by atoms with Crippen molar-refractivity contribution in [3.05, 3.63) is 52.9 Å². The number of aromatic nitrogens is 1. The first-order chi connectivity index (χ1) is 11.5. The quantitative estimate of drug-likeness (QED) is 0.779. The van der Waals surface area contributed by atoms with Gasteiger partial charge in [-0.3, -0.25) is 4.79 Å². The van der Waals surface area contributed by atoms with Crippen molar-refractivity contribution in [2.45, 2.75) is 58.6 Å². The molecule has 1 amide bonds. The Balaban J connectivity index is 1.93. The van der Waals surface area contributed by atoms with Gasteiger partial charge in [0.15, 0.2) is 0 Å². The van der Waals surface area contributed by atoms with Gasteiger partial charge in [0.1, 0.15) is 5.76 Å². The summed E-state index contributed by atoms with van der Waals surface area (Å²) in [6, 6.07) is 9.43. The van der Waals surface area contributed by atoms with Gasteiger partial charge >= 0.3 is 0 Å². The Morgan fingerprint density at radius 1 is 1.25 bits per heavy atom. The number of hydrogen-bond acceptors (Lipinski definition) is 4. The highest BCUT2D eigenvalue weighted by Gasteiger charge is 2.20. The lowest BCUT2D eigenvalue weighted by molar-refractivity contribution is -0.121. The Morgan fingerprint density at radius 3 is 2.58 bits per heavy atom. The predicted octanol–water partition coefficient (Wildman–Crippen LogP) is 2.45. The molecule has 5 nitrogen and oxygen atoms in total. The highest BCUT2D eigenvalue weighted by atomic mass is 16.5. The van der Waals surface area contributed by atoms with Gasteiger partial charge in [0, 0.05) is 18.4 Å². The van der Waals surface area contributed by atoms with Crippen LogP contribution in [-0.2, 0) is 30.5 Å². The number of carbonyl (C=O) groups is 1. The van der Waals surface area contributed by atoms with E-state index in [9.17, 15) is 9.90 Å². The second-order valence-electron chi connectivity index (χ2n) is 6.03. The fourth-order valence-electron chi connectivity index (χ4n) is 2.73. The maximum atomic E-state index is 12.3. The molecule has 5 heteroatoms. The van der Waals surface area contributed by atoms with Crippen LogP contribution in [0.5, 0.6) is 0 Å². The number of aliphatic hydroxyl groups excluding tert-OH is 1. The molecule has 2 atom stereocenters. The highest BCUT2D eigenvalue weighted by Crippen LogP contribution is 2.16. The van der Waals surface area contributed by atoms with Gasteiger partial charge in [0.2, 0.25) is 5.91 Å². The molecule has 0 bridgehead atoms. The molecule has 2 aromatic rings. The first kappa shape index (κ1) is 18.2. The van der Waals surface area contributed by atoms with Crippen LogP contribution in [0.15, 0.2) is 34.9 Å². The summed E-state index contributed by atoms with van der Waals surface area (Å²) in [5.74, 6) is 0.640. The number of amides is 1. The fraction of sp³-hybridized carbons (Fsp3) is 0.474. The van der Waals surface area contributed by atoms with Gasteiger partial charge in [-0.15, -0.1) is 0 Å². The fourth-order valence-corrected chi connectivity index (χ4v) is 2.73. The molecular weight excluding hydrogens is 304 g/mol. The van der Waals surface area contributed by atoms with Gasteiger partial charge in [-0.05, 0) is 18.9 Å². The monoisotopic (exact) mass is 330 g/mol. The number of carbonyl (C=O) groups excluding carboxylic acids is 1. The van der Waals surface area contributed by atoms with E-state index in [1.54, 1.807) is 0 Å². The third kappa shape index (κ3) is 4.68. The highest BCUT2D eigenvalue weighted by molar-refractivity contribution is 5.79. The minimum Gasteiger partial charge on any atom is -0.391 e. The van der Waals surface area contributed by atoms with E-state index in [0.29, 0.717) is 12.8 Å². The van der Waals surface area contributed by atoms with Gasteiger partial charge in [0.05, 0.1) is 24.3 Å². The van der Waals surface area contributed by atoms with Gasteiger partial charge in [-0.1, -0.05) is 49.3 Å². The molecule has 0 saturated heterocycles. The maximum absolute atomic E-state index is 12.3. The summed E-state index contributed by atoms with van der Waals surface area (Å²) in [7, 11) is 0. The lowest BCUT2D eigenvalue weighted by Crippen LogP contribution is -2.42. The van der Waals surface area contributed by atoms with E-state index >= 15 is 0 Å². The zero-order valence-corrected chi connectivity index (χ0v) is 14.6. The summed E-state index contributed by atoms with van der Waals surface area (Å²) < 4.78 is 5.29. The molecule has 0 aliphatic rings. The molecule has 1 aromatic carbocycles. The third-order valence-corrected chi connectivity index (χ3v) is 4.20. The second-order valence-corrected chi connectivity index (χ2v) is 6.03. The van der Waals surface area contributed by atoms with Crippen LogP contribution in [0, 0.1) is 0 Å². The molecule has 0 radical (unpaired) electrons. The topological polar surface area (TPSA) is 75.4 Å². The normalized spacial score (nSPS) is 13.5. The van der Waals surface area contributed by atoms with E-state index in [0.717, 1.165) is 29.0 Å². The summed E-state index contributed by atoms with van der Waals surface area (Å²) in [5, 5.41) is 17.2. The molecule has 24 heavy (non-hydrogen) atoms. The average molecular weight is 330 g/mol. The average Bonchev–Trinajstić information content (AvgIpc) is 2.97. The van der Waals surface area contributed by atoms with Gasteiger partial charge in [-0.25, -0.2) is 0 Å². The summed E-state index contributed by atoms with van der Waals surface area (Å²) in [6.45, 7) is 5.79. The lowest BCUT2D eigenvalue weighted by atomic mass is 10.0. The molecule has 0 fully saturated rings. The van der Waals surface area contributed by atoms with Crippen LogP contribution in [0.1, 0.15) is 43.4 Å². The Bertz CT molecular complexity index is 630. The summed E-state index contributed by atoms with van der Waals surface area (Å²) in [5.41, 5.74) is 2.76. The molecular formula is C19H26N2O3. The van der Waals surface area contributed by atoms with Gasteiger partial charge in [-0.2, -0.15) is 0 Å². The van der Waals surface area contributed by atoms with Crippen LogP contribution in [0.4, 0.5) is 0 Å². The molecule has 2 rings (SSSR count). The van der Waals surface area contributed by atoms with Crippen LogP contribution in [-0.4, -0.2) is 28.3 Å². The molecule has 0 spiro atoms. The van der Waals surface area contributed by atoms with Crippen molar-refractivity contribution in [2.75, 3.05) is 0 Å². The van der Waals surface area contributed by atoms with Crippen LogP contribution in [0.25, 0.3) is 0 Å². The predicted molar refractivity (Wildman–Crippen MR) is 92.7 cm³/mol. The van der Waals surface area contributed by atoms with E-state index < -0.39 is 6.10 Å². The third-order valence-electron chi connectivity index (χ3n) is 4.20. The molecule has 130 valence electrons. The zero-order chi connectivity index (χ0) is 17.5. The molecule has 0 saturated carbocycles. The van der Waals surface area contributed by atoms with Gasteiger partial charge in [0.25, 0.3) is 0 Å². The molecule has 1 aromatic heterocycles. The largest absolute Gasteiger partial charge is 0.391 e. The summed E-state index contributed by atoms with van der Waals surface area (Å²) >= 11 is 0. The van der Waals surface area contributed by atoms with E-state index in [2.05, 4.69) is 10.5 Å². The van der Waals surface area contributed by atoms with Crippen molar-refractivity contribution >= 4 is 5.91 Å². The van der Waals surface area contributed by atoms with Crippen molar-refractivity contribution in [3.63, 3.8) is 0 Å². The van der Waals surface area contributed by atoms with Crippen molar-refractivity contribution in [3.8, 4) is 0 Å². The van der Waals surface area contributed by atoms with Crippen molar-refractivity contribution in [1.29, 1.82) is 0 Å². The molecule has 2 unspecified atom stereocenters. The minimum absolute atomic E-state index is 0.123. The first-order valence-corrected chi connectivity index (χ1v) is 8.52. The van der Waals surface area contributed by atoms with Crippen molar-refractivity contribution < 1.29 is 14.4 Å². The van der Waals surface area contributed by atoms with Crippen LogP contribution >= 0.6 is 0 Å². The second kappa shape index (κ2) is 8.64. The standard InChI is InChI=1S/C19H26N2O3/c1-4-16-15(18(5-2)24-21-16)12-19(23)20-13(3)17(22)11-14-9-7-6-8-10-14/h6-10,13,17,22H,4-5,11-12H2,1-3H3,(H,20,23). The smallest absolute Gasteiger partial charge is 0.224 e. The molecule has 0 aliphatic heterocycles. The van der Waals surface area contributed by atoms with Crippen LogP contribution < -0.4 is 5.32 Å². The lowest BCUT2D eigenvalue weighted by Gasteiger charge is -2.20. The Hall–Kier alpha value is -2.14. The van der Waals surface area contributed by atoms with E-state index in [-0.39, 0.29) is 18.4 Å². The van der Waals surface area contributed by atoms with Crippen LogP contribution in [0.3, 0.4) is 0 Å². The SMILES string of the molecule is CCc1noc(CC)c1CC(=O)NC(C)C(O)Cc1ccccc1. The van der Waals surface area contributed by atoms with Crippen molar-refractivity contribution in [2.24, 2.45) is 0 Å². The van der Waals surface area contributed by atoms with E-state index in [4.69, 9.17) is 4.52 Å². The Morgan fingerprint density at radius 2 is 1.96 bits per heavy atom. The summed E-state index contributed by atoms with van der Waals surface area (Å²) in [4.78, 5) is 12.3. The van der Waals surface area contributed by atoms with Crippen molar-refractivity contribution in [1.82, 2.24) is 10.5 Å². The summed E-state index contributed by atoms with van der Waals surface area (Å²) in [6.07, 6.45) is 1.56. The van der Waals surface area contributed by atoms with Crippen LogP contribution in [0.2, 0.25) is 0 Å². The van der Waals surface area contributed by atoms with E-state index in [1.807, 2.05) is 51.1 Å². The number of aryl methyl sites for hydroxylation is 2. The Kier molecular flexibility index (Phi) is 6.55. The molecule has 0 aliphatic carbocycles. The number of rotatable bonds is 8. The number of hydrogen-bond donors (Lipinski definition) is 2. The number of nitrogens with zero attached hydrogens (tertiary/aromatic N) is 1. The Labute approximate surface area is 143 Å². The molecule has 2 N–H and O–H groups in total. The van der Waals surface area contributed by atoms with E-state index in [1.165, 1.54) is 0 Å². The minimum atomic E-state index is -0.630. The number of aliphatic hydroxyl groups is 1. The molecule has 1 heterocycles. The number of benzene rings is 1. The zero-order valence-electron chi connectivity index (χ0n) is 14.6. The first-order valence-electron chi connectivity index (χ1n) is 8.52.